The van der Waals surface area contributed by atoms with Crippen LogP contribution in [0.25, 0.3) is 0 Å². The van der Waals surface area contributed by atoms with E-state index in [2.05, 4.69) is 9.97 Å². The predicted octanol–water partition coefficient (Wildman–Crippen LogP) is 0.540. The van der Waals surface area contributed by atoms with Crippen molar-refractivity contribution in [2.45, 2.75) is 32.1 Å². The Morgan fingerprint density at radius 2 is 2.06 bits per heavy atom. The molecule has 0 bridgehead atoms. The van der Waals surface area contributed by atoms with Crippen LogP contribution in [-0.4, -0.2) is 30.2 Å². The molecule has 2 N–H and O–H groups in total. The summed E-state index contributed by atoms with van der Waals surface area (Å²) in [4.78, 5) is 8.19. The maximum atomic E-state index is 11.3. The molecule has 0 saturated heterocycles. The molecule has 1 rings (SSSR count). The van der Waals surface area contributed by atoms with Crippen LogP contribution in [0.3, 0.4) is 0 Å². The fraction of sp³-hybridized carbons (Fsp3) is 0.600. The lowest BCUT2D eigenvalue weighted by molar-refractivity contribution is 0.0587. The zero-order valence-electron chi connectivity index (χ0n) is 10.1. The van der Waals surface area contributed by atoms with E-state index in [0.717, 1.165) is 5.69 Å². The van der Waals surface area contributed by atoms with Gasteiger partial charge in [-0.3, -0.25) is 9.97 Å². The molecule has 0 unspecified atom stereocenters. The van der Waals surface area contributed by atoms with E-state index < -0.39 is 21.4 Å². The Balaban J connectivity index is 3.05. The van der Waals surface area contributed by atoms with Gasteiger partial charge in [0.1, 0.15) is 11.4 Å². The number of aromatic nitrogens is 2. The lowest BCUT2D eigenvalue weighted by atomic mass is 10.2. The van der Waals surface area contributed by atoms with Gasteiger partial charge in [0.15, 0.2) is 0 Å². The quantitative estimate of drug-likeness (QED) is 0.832. The summed E-state index contributed by atoms with van der Waals surface area (Å²) in [5.74, 6) is 0. The number of sulfonamides is 1. The normalized spacial score (nSPS) is 15.5. The molecule has 0 radical (unpaired) electrons. The molecular formula is C10H17N3O3S. The molecule has 96 valence electrons. The zero-order chi connectivity index (χ0) is 13.1. The Hall–Kier alpha value is -1.05. The highest BCUT2D eigenvalue weighted by Gasteiger charge is 2.29. The fourth-order valence-corrected chi connectivity index (χ4v) is 1.93. The molecule has 0 aliphatic carbocycles. The van der Waals surface area contributed by atoms with Gasteiger partial charge in [-0.05, 0) is 20.8 Å². The van der Waals surface area contributed by atoms with Crippen molar-refractivity contribution in [1.82, 2.24) is 9.97 Å². The van der Waals surface area contributed by atoms with Crippen molar-refractivity contribution in [3.05, 3.63) is 23.8 Å². The summed E-state index contributed by atoms with van der Waals surface area (Å²) in [6, 6.07) is 0. The van der Waals surface area contributed by atoms with E-state index in [9.17, 15) is 8.42 Å². The summed E-state index contributed by atoms with van der Waals surface area (Å²) in [5.41, 5.74) is 1.23. The minimum atomic E-state index is -3.68. The molecule has 0 spiro atoms. The summed E-state index contributed by atoms with van der Waals surface area (Å²) in [5, 5.41) is 4.26. The van der Waals surface area contributed by atoms with Gasteiger partial charge in [0.25, 0.3) is 0 Å². The largest absolute Gasteiger partial charge is 0.371 e. The van der Waals surface area contributed by atoms with Crippen LogP contribution in [0.15, 0.2) is 12.4 Å². The number of ether oxygens (including phenoxy) is 1. The first kappa shape index (κ1) is 14.0. The van der Waals surface area contributed by atoms with Crippen molar-refractivity contribution in [1.29, 1.82) is 0 Å². The maximum absolute atomic E-state index is 11.3. The maximum Gasteiger partial charge on any atom is 0.214 e. The second kappa shape index (κ2) is 5.52. The second-order valence-corrected chi connectivity index (χ2v) is 5.67. The number of hydrogen-bond donors (Lipinski definition) is 1. The number of aryl methyl sites for hydroxylation is 1. The molecule has 2 atom stereocenters. The third-order valence-corrected chi connectivity index (χ3v) is 3.67. The average molecular weight is 259 g/mol. The lowest BCUT2D eigenvalue weighted by Gasteiger charge is -2.21. The van der Waals surface area contributed by atoms with Gasteiger partial charge >= 0.3 is 0 Å². The predicted molar refractivity (Wildman–Crippen MR) is 63.7 cm³/mol. The van der Waals surface area contributed by atoms with E-state index in [1.165, 1.54) is 13.1 Å². The van der Waals surface area contributed by atoms with Crippen LogP contribution in [-0.2, 0) is 14.8 Å². The van der Waals surface area contributed by atoms with E-state index in [4.69, 9.17) is 9.88 Å². The van der Waals surface area contributed by atoms with Crippen molar-refractivity contribution >= 4 is 10.0 Å². The SMILES string of the molecule is CCO[C@@H](c1cnc(C)cn1)[C@@H](C)S(N)(=O)=O. The van der Waals surface area contributed by atoms with Gasteiger partial charge in [0.2, 0.25) is 10.0 Å². The molecule has 0 fully saturated rings. The van der Waals surface area contributed by atoms with Crippen LogP contribution in [0.1, 0.15) is 31.3 Å². The first-order valence-corrected chi connectivity index (χ1v) is 6.89. The van der Waals surface area contributed by atoms with Gasteiger partial charge in [0, 0.05) is 12.8 Å². The van der Waals surface area contributed by atoms with Crippen LogP contribution in [0.2, 0.25) is 0 Å². The molecule has 17 heavy (non-hydrogen) atoms. The Morgan fingerprint density at radius 3 is 2.47 bits per heavy atom. The van der Waals surface area contributed by atoms with Gasteiger partial charge in [-0.1, -0.05) is 0 Å². The first-order valence-electron chi connectivity index (χ1n) is 5.28. The van der Waals surface area contributed by atoms with Gasteiger partial charge in [-0.25, -0.2) is 13.6 Å². The molecule has 1 heterocycles. The number of hydrogen-bond acceptors (Lipinski definition) is 5. The van der Waals surface area contributed by atoms with E-state index in [-0.39, 0.29) is 0 Å². The van der Waals surface area contributed by atoms with Gasteiger partial charge < -0.3 is 4.74 Å². The molecule has 0 aromatic carbocycles. The van der Waals surface area contributed by atoms with Crippen molar-refractivity contribution in [2.75, 3.05) is 6.61 Å². The smallest absolute Gasteiger partial charge is 0.214 e. The van der Waals surface area contributed by atoms with E-state index in [0.29, 0.717) is 12.3 Å². The Kier molecular flexibility index (Phi) is 4.55. The van der Waals surface area contributed by atoms with Crippen LogP contribution in [0, 0.1) is 6.92 Å². The molecule has 6 nitrogen and oxygen atoms in total. The minimum Gasteiger partial charge on any atom is -0.371 e. The van der Waals surface area contributed by atoms with Gasteiger partial charge in [-0.2, -0.15) is 0 Å². The van der Waals surface area contributed by atoms with Crippen molar-refractivity contribution < 1.29 is 13.2 Å². The fourth-order valence-electron chi connectivity index (χ4n) is 1.36. The molecular weight excluding hydrogens is 242 g/mol. The Bertz CT molecular complexity index is 458. The monoisotopic (exact) mass is 259 g/mol. The lowest BCUT2D eigenvalue weighted by Crippen LogP contribution is -2.33. The molecule has 0 saturated carbocycles. The molecule has 1 aromatic heterocycles. The number of nitrogens with two attached hydrogens (primary N) is 1. The van der Waals surface area contributed by atoms with Crippen molar-refractivity contribution in [2.24, 2.45) is 5.14 Å². The first-order chi connectivity index (χ1) is 7.86. The van der Waals surface area contributed by atoms with Crippen LogP contribution in [0.4, 0.5) is 0 Å². The Morgan fingerprint density at radius 1 is 1.41 bits per heavy atom. The van der Waals surface area contributed by atoms with Crippen LogP contribution < -0.4 is 5.14 Å². The van der Waals surface area contributed by atoms with E-state index in [1.54, 1.807) is 20.0 Å². The summed E-state index contributed by atoms with van der Waals surface area (Å²) in [6.07, 6.45) is 2.39. The Labute approximate surface area is 101 Å². The third-order valence-electron chi connectivity index (χ3n) is 2.38. The highest BCUT2D eigenvalue weighted by Crippen LogP contribution is 2.22. The van der Waals surface area contributed by atoms with E-state index >= 15 is 0 Å². The molecule has 7 heteroatoms. The number of nitrogens with zero attached hydrogens (tertiary/aromatic N) is 2. The summed E-state index contributed by atoms with van der Waals surface area (Å²) in [7, 11) is -3.68. The molecule has 1 aromatic rings. The highest BCUT2D eigenvalue weighted by molar-refractivity contribution is 7.89. The molecule has 0 aliphatic heterocycles. The molecule has 0 aliphatic rings. The standard InChI is InChI=1S/C10H17N3O3S/c1-4-16-10(8(3)17(11,14)15)9-6-12-7(2)5-13-9/h5-6,8,10H,4H2,1-3H3,(H2,11,14,15)/t8-,10-/m1/s1. The third kappa shape index (κ3) is 3.72. The summed E-state index contributed by atoms with van der Waals surface area (Å²) >= 11 is 0. The number of rotatable bonds is 5. The van der Waals surface area contributed by atoms with Crippen molar-refractivity contribution in [3.63, 3.8) is 0 Å². The van der Waals surface area contributed by atoms with Gasteiger partial charge in [0.05, 0.1) is 17.6 Å². The number of primary sulfonamides is 1. The molecule has 0 amide bonds. The highest BCUT2D eigenvalue weighted by atomic mass is 32.2. The van der Waals surface area contributed by atoms with Crippen molar-refractivity contribution in [3.8, 4) is 0 Å². The summed E-state index contributed by atoms with van der Waals surface area (Å²) < 4.78 is 28.1. The second-order valence-electron chi connectivity index (χ2n) is 3.75. The topological polar surface area (TPSA) is 95.2 Å². The van der Waals surface area contributed by atoms with Crippen LogP contribution >= 0.6 is 0 Å². The minimum absolute atomic E-state index is 0.375. The van der Waals surface area contributed by atoms with Crippen LogP contribution in [0.5, 0.6) is 0 Å². The van der Waals surface area contributed by atoms with Gasteiger partial charge in [-0.15, -0.1) is 0 Å². The zero-order valence-corrected chi connectivity index (χ0v) is 10.9. The average Bonchev–Trinajstić information content (AvgIpc) is 2.25. The summed E-state index contributed by atoms with van der Waals surface area (Å²) in [6.45, 7) is 5.46. The van der Waals surface area contributed by atoms with E-state index in [1.807, 2.05) is 0 Å².